The number of aromatic nitrogens is 3. The molecule has 27 aromatic rings. The summed E-state index contributed by atoms with van der Waals surface area (Å²) in [6.45, 7) is 0. The monoisotopic (exact) mass is 1760 g/mol. The van der Waals surface area contributed by atoms with Crippen molar-refractivity contribution in [3.05, 3.63) is 546 Å². The van der Waals surface area contributed by atoms with Gasteiger partial charge in [0, 0.05) is 111 Å². The van der Waals surface area contributed by atoms with E-state index < -0.39 is 0 Å². The van der Waals surface area contributed by atoms with E-state index in [0.29, 0.717) is 0 Å². The summed E-state index contributed by atoms with van der Waals surface area (Å²) in [5.41, 5.74) is 28.0. The van der Waals surface area contributed by atoms with Crippen LogP contribution in [0.25, 0.3) is 180 Å². The van der Waals surface area contributed by atoms with Crippen molar-refractivity contribution in [1.82, 2.24) is 13.7 Å². The van der Waals surface area contributed by atoms with Crippen LogP contribution in [-0.2, 0) is 0 Å². The van der Waals surface area contributed by atoms with Crippen molar-refractivity contribution in [2.24, 2.45) is 0 Å². The molecule has 0 aliphatic rings. The van der Waals surface area contributed by atoms with Crippen LogP contribution in [0, 0.1) is 0 Å². The van der Waals surface area contributed by atoms with Gasteiger partial charge in [-0.1, -0.05) is 376 Å². The number of fused-ring (bicyclic) bond motifs is 18. The Morgan fingerprint density at radius 2 is 0.435 bits per heavy atom. The second kappa shape index (κ2) is 35.3. The first kappa shape index (κ1) is 81.6. The Morgan fingerprint density at radius 1 is 0.130 bits per heavy atom. The highest BCUT2D eigenvalue weighted by Crippen LogP contribution is 2.50. The van der Waals surface area contributed by atoms with Crippen molar-refractivity contribution < 1.29 is 0 Å². The Kier molecular flexibility index (Phi) is 20.9. The first-order valence-electron chi connectivity index (χ1n) is 47.3. The maximum absolute atomic E-state index is 2.44. The van der Waals surface area contributed by atoms with Gasteiger partial charge in [-0.25, -0.2) is 0 Å². The highest BCUT2D eigenvalue weighted by Gasteiger charge is 2.27. The Hall–Kier alpha value is -18.4. The van der Waals surface area contributed by atoms with Gasteiger partial charge in [0.15, 0.2) is 0 Å². The summed E-state index contributed by atoms with van der Waals surface area (Å²) < 4.78 is 7.29. The molecule has 0 spiro atoms. The Balaban J connectivity index is 0.000000110. The van der Waals surface area contributed by atoms with Gasteiger partial charge in [-0.2, -0.15) is 0 Å². The van der Waals surface area contributed by atoms with Gasteiger partial charge in [-0.3, -0.25) is 0 Å². The van der Waals surface area contributed by atoms with E-state index >= 15 is 0 Å². The Bertz CT molecular complexity index is 9230. The minimum absolute atomic E-state index is 1.11. The molecule has 24 aromatic carbocycles. The van der Waals surface area contributed by atoms with Crippen LogP contribution in [0.4, 0.5) is 51.2 Å². The van der Waals surface area contributed by atoms with Crippen molar-refractivity contribution in [1.29, 1.82) is 0 Å². The zero-order valence-corrected chi connectivity index (χ0v) is 75.6. The van der Waals surface area contributed by atoms with Crippen LogP contribution in [0.3, 0.4) is 0 Å². The maximum Gasteiger partial charge on any atom is 0.0640 e. The van der Waals surface area contributed by atoms with E-state index in [9.17, 15) is 0 Å². The van der Waals surface area contributed by atoms with Crippen LogP contribution in [0.15, 0.2) is 546 Å². The molecule has 0 amide bonds. The van der Waals surface area contributed by atoms with Gasteiger partial charge in [0.05, 0.1) is 38.8 Å². The molecule has 6 nitrogen and oxygen atoms in total. The summed E-state index contributed by atoms with van der Waals surface area (Å²) in [6.07, 6.45) is 0. The van der Waals surface area contributed by atoms with Crippen LogP contribution in [0.1, 0.15) is 0 Å². The second-order valence-electron chi connectivity index (χ2n) is 35.5. The summed E-state index contributed by atoms with van der Waals surface area (Å²) in [5.74, 6) is 0. The molecule has 3 heterocycles. The molecule has 0 unspecified atom stereocenters. The van der Waals surface area contributed by atoms with Crippen molar-refractivity contribution in [2.45, 2.75) is 0 Å². The fourth-order valence-corrected chi connectivity index (χ4v) is 20.9. The lowest BCUT2D eigenvalue weighted by molar-refractivity contribution is 1.18. The number of hydrogen-bond donors (Lipinski definition) is 0. The lowest BCUT2D eigenvalue weighted by atomic mass is 10.00. The third-order valence-electron chi connectivity index (χ3n) is 27.3. The highest BCUT2D eigenvalue weighted by atomic mass is 15.2. The lowest BCUT2D eigenvalue weighted by Crippen LogP contribution is -2.10. The normalized spacial score (nSPS) is 11.5. The van der Waals surface area contributed by atoms with E-state index in [1.165, 1.54) is 163 Å². The van der Waals surface area contributed by atoms with Crippen molar-refractivity contribution >= 4 is 181 Å². The third-order valence-corrected chi connectivity index (χ3v) is 27.3. The molecule has 0 fully saturated rings. The number of rotatable bonds is 15. The zero-order chi connectivity index (χ0) is 91.4. The molecule has 3 aromatic heterocycles. The molecule has 0 bridgehead atoms. The van der Waals surface area contributed by atoms with Gasteiger partial charge in [0.1, 0.15) is 0 Å². The molecule has 648 valence electrons. The van der Waals surface area contributed by atoms with E-state index in [0.717, 1.165) is 68.2 Å². The number of anilines is 9. The van der Waals surface area contributed by atoms with Crippen molar-refractivity contribution in [2.75, 3.05) is 14.7 Å². The van der Waals surface area contributed by atoms with Crippen LogP contribution in [0.5, 0.6) is 0 Å². The van der Waals surface area contributed by atoms with Crippen molar-refractivity contribution in [3.63, 3.8) is 0 Å². The van der Waals surface area contributed by atoms with Crippen LogP contribution < -0.4 is 14.7 Å². The van der Waals surface area contributed by atoms with E-state index in [-0.39, 0.29) is 0 Å². The minimum Gasteiger partial charge on any atom is -0.310 e. The topological polar surface area (TPSA) is 24.5 Å². The van der Waals surface area contributed by atoms with E-state index in [2.05, 4.69) is 574 Å². The molecule has 0 aliphatic carbocycles. The second-order valence-corrected chi connectivity index (χ2v) is 35.5. The molecule has 27 rings (SSSR count). The lowest BCUT2D eigenvalue weighted by Gasteiger charge is -2.27. The predicted molar refractivity (Wildman–Crippen MR) is 588 cm³/mol. The molecule has 0 saturated carbocycles. The number of nitrogens with zero attached hydrogens (tertiary/aromatic N) is 6. The number of benzene rings is 24. The minimum atomic E-state index is 1.11. The maximum atomic E-state index is 2.44. The molecule has 0 N–H and O–H groups in total. The summed E-state index contributed by atoms with van der Waals surface area (Å²) in [6, 6.07) is 197. The van der Waals surface area contributed by atoms with Crippen molar-refractivity contribution in [3.8, 4) is 50.4 Å². The Morgan fingerprint density at radius 3 is 0.920 bits per heavy atom. The van der Waals surface area contributed by atoms with Gasteiger partial charge in [0.25, 0.3) is 0 Å². The fraction of sp³-hybridized carbons (Fsp3) is 0. The average molecular weight is 1760 g/mol. The van der Waals surface area contributed by atoms with Gasteiger partial charge in [-0.05, 0) is 252 Å². The smallest absolute Gasteiger partial charge is 0.0640 e. The van der Waals surface area contributed by atoms with Gasteiger partial charge in [-0.15, -0.1) is 0 Å². The van der Waals surface area contributed by atoms with Crippen LogP contribution >= 0.6 is 0 Å². The first-order chi connectivity index (χ1) is 68.5. The first-order valence-corrected chi connectivity index (χ1v) is 47.3. The summed E-state index contributed by atoms with van der Waals surface area (Å²) >= 11 is 0. The number of para-hydroxylation sites is 7. The van der Waals surface area contributed by atoms with Gasteiger partial charge in [0.2, 0.25) is 0 Å². The molecule has 0 aliphatic heterocycles. The van der Waals surface area contributed by atoms with E-state index in [4.69, 9.17) is 0 Å². The van der Waals surface area contributed by atoms with E-state index in [1.807, 2.05) is 0 Å². The molecular weight excluding hydrogens is 1670 g/mol. The highest BCUT2D eigenvalue weighted by molar-refractivity contribution is 6.26. The quantitative estimate of drug-likeness (QED) is 0.102. The molecule has 0 atom stereocenters. The molecule has 138 heavy (non-hydrogen) atoms. The SMILES string of the molecule is c1ccc(N(c2ccc(-c3ccc4ccccc4c3)cc2)c2cc3ccccc3c3c2c2ccccc2n3-c2ccccc2)cc1.c1ccc(N(c2cccc(-c3ccc4ccccc4c3)c2)c2ccc3c(c2)c2ccc4ccccc4c2n3-c2ccccc2)cc1.c1ccc(N(c2cccc(-c3ccc4ccccc4c3)c2)c2ccc3c4ccc5ccccc5c4n(-c4ccccc4)c3c2)cc1. The molecule has 0 saturated heterocycles. The average Bonchev–Trinajstić information content (AvgIpc) is 1.55. The van der Waals surface area contributed by atoms with Crippen LogP contribution in [-0.4, -0.2) is 13.7 Å². The van der Waals surface area contributed by atoms with Crippen LogP contribution in [0.2, 0.25) is 0 Å². The molecule has 0 radical (unpaired) electrons. The Labute approximate surface area is 800 Å². The molecule has 6 heteroatoms. The largest absolute Gasteiger partial charge is 0.310 e. The standard InChI is InChI=1S/3C44H30N2/c1-3-16-36(17-4-1)45(38-27-25-32(26-28-38)34-24-23-31-13-7-8-14-33(31)29-34)42-30-35-15-9-10-20-39(35)44-43(42)40-21-11-12-22-41(40)46(44)37-18-5-2-6-19-37;1-3-16-36(17-4-1)45(38-20-11-15-34(29-38)35-23-22-31-12-7-8-14-33(31)28-35)39-25-27-41-42-26-24-32-13-9-10-21-40(32)44(42)46(43(41)30-39)37-18-5-2-6-19-37;1-3-16-36(17-4-1)45(38-20-11-15-34(29-38)35-23-22-31-12-7-8-14-33(31)28-35)39-25-27-43-42(30-39)41-26-24-32-13-9-10-21-40(32)44(41)46(43)37-18-5-2-6-19-37/h3*1-30H. The predicted octanol–water partition coefficient (Wildman–Crippen LogP) is 36.7. The summed E-state index contributed by atoms with van der Waals surface area (Å²) in [4.78, 5) is 7.16. The molecular formula is C132H90N6. The third kappa shape index (κ3) is 14.9. The summed E-state index contributed by atoms with van der Waals surface area (Å²) in [7, 11) is 0. The van der Waals surface area contributed by atoms with Gasteiger partial charge < -0.3 is 28.4 Å². The number of hydrogen-bond acceptors (Lipinski definition) is 3. The fourth-order valence-electron chi connectivity index (χ4n) is 20.9. The zero-order valence-electron chi connectivity index (χ0n) is 75.6. The van der Waals surface area contributed by atoms with Gasteiger partial charge >= 0.3 is 0 Å². The summed E-state index contributed by atoms with van der Waals surface area (Å²) in [5, 5.41) is 22.4. The van der Waals surface area contributed by atoms with E-state index in [1.54, 1.807) is 0 Å².